The Labute approximate surface area is 102 Å². The lowest BCUT2D eigenvalue weighted by atomic mass is 9.97. The minimum Gasteiger partial charge on any atom is -0.480 e. The number of carboxylic acid groups (broad SMARTS) is 1. The van der Waals surface area contributed by atoms with Gasteiger partial charge >= 0.3 is 12.0 Å². The van der Waals surface area contributed by atoms with Gasteiger partial charge < -0.3 is 20.5 Å². The number of aliphatic carboxylic acids is 1. The Morgan fingerprint density at radius 1 is 1.41 bits per heavy atom. The lowest BCUT2D eigenvalue weighted by Crippen LogP contribution is -2.55. The van der Waals surface area contributed by atoms with Crippen molar-refractivity contribution in [2.24, 2.45) is 0 Å². The van der Waals surface area contributed by atoms with Gasteiger partial charge in [0.2, 0.25) is 0 Å². The van der Waals surface area contributed by atoms with Crippen molar-refractivity contribution in [2.75, 3.05) is 20.3 Å². The van der Waals surface area contributed by atoms with Gasteiger partial charge in [-0.3, -0.25) is 0 Å². The zero-order valence-corrected chi connectivity index (χ0v) is 10.7. The van der Waals surface area contributed by atoms with Gasteiger partial charge in [0.05, 0.1) is 0 Å². The number of rotatable bonds is 8. The summed E-state index contributed by atoms with van der Waals surface area (Å²) in [4.78, 5) is 22.5. The van der Waals surface area contributed by atoms with Crippen molar-refractivity contribution < 1.29 is 19.4 Å². The Morgan fingerprint density at radius 2 is 2.06 bits per heavy atom. The molecule has 0 fully saturated rings. The Bertz CT molecular complexity index is 258. The van der Waals surface area contributed by atoms with Crippen molar-refractivity contribution in [1.82, 2.24) is 10.6 Å². The highest BCUT2D eigenvalue weighted by molar-refractivity contribution is 5.85. The molecule has 17 heavy (non-hydrogen) atoms. The number of carbonyl (C=O) groups is 2. The molecular formula is C11H22N2O4. The zero-order chi connectivity index (χ0) is 13.3. The predicted molar refractivity (Wildman–Crippen MR) is 64.0 cm³/mol. The smallest absolute Gasteiger partial charge is 0.329 e. The molecule has 0 aromatic rings. The van der Waals surface area contributed by atoms with Crippen LogP contribution in [0.5, 0.6) is 0 Å². The van der Waals surface area contributed by atoms with Crippen LogP contribution < -0.4 is 10.6 Å². The van der Waals surface area contributed by atoms with Gasteiger partial charge in [0.25, 0.3) is 0 Å². The largest absolute Gasteiger partial charge is 0.480 e. The molecule has 0 aliphatic rings. The summed E-state index contributed by atoms with van der Waals surface area (Å²) < 4.78 is 4.84. The quantitative estimate of drug-likeness (QED) is 0.557. The summed E-state index contributed by atoms with van der Waals surface area (Å²) in [7, 11) is 1.59. The average molecular weight is 246 g/mol. The van der Waals surface area contributed by atoms with E-state index in [2.05, 4.69) is 10.6 Å². The van der Waals surface area contributed by atoms with Gasteiger partial charge in [-0.1, -0.05) is 13.3 Å². The first-order chi connectivity index (χ1) is 7.96. The summed E-state index contributed by atoms with van der Waals surface area (Å²) in [5.74, 6) is -1.02. The fourth-order valence-electron chi connectivity index (χ4n) is 1.44. The Morgan fingerprint density at radius 3 is 2.53 bits per heavy atom. The van der Waals surface area contributed by atoms with Gasteiger partial charge in [0.1, 0.15) is 5.54 Å². The normalized spacial score (nSPS) is 13.8. The maximum Gasteiger partial charge on any atom is 0.329 e. The minimum absolute atomic E-state index is 0.397. The molecule has 0 saturated heterocycles. The molecule has 3 N–H and O–H groups in total. The molecule has 1 unspecified atom stereocenters. The van der Waals surface area contributed by atoms with Crippen LogP contribution in [-0.4, -0.2) is 42.9 Å². The number of hydrogen-bond acceptors (Lipinski definition) is 3. The number of carboxylic acids is 1. The summed E-state index contributed by atoms with van der Waals surface area (Å²) in [5, 5.41) is 14.1. The monoisotopic (exact) mass is 246 g/mol. The highest BCUT2D eigenvalue weighted by atomic mass is 16.5. The molecule has 0 aliphatic heterocycles. The van der Waals surface area contributed by atoms with Crippen molar-refractivity contribution in [3.63, 3.8) is 0 Å². The van der Waals surface area contributed by atoms with E-state index in [-0.39, 0.29) is 0 Å². The van der Waals surface area contributed by atoms with Gasteiger partial charge in [-0.2, -0.15) is 0 Å². The molecule has 0 bridgehead atoms. The first-order valence-electron chi connectivity index (χ1n) is 5.74. The molecule has 6 heteroatoms. The number of ether oxygens (including phenoxy) is 1. The highest BCUT2D eigenvalue weighted by Gasteiger charge is 2.33. The fourth-order valence-corrected chi connectivity index (χ4v) is 1.44. The van der Waals surface area contributed by atoms with E-state index in [1.54, 1.807) is 7.11 Å². The first kappa shape index (κ1) is 15.7. The maximum atomic E-state index is 11.5. The number of carbonyl (C=O) groups excluding carboxylic acids is 1. The lowest BCUT2D eigenvalue weighted by Gasteiger charge is -2.25. The van der Waals surface area contributed by atoms with E-state index in [1.807, 2.05) is 6.92 Å². The molecule has 0 aromatic heterocycles. The van der Waals surface area contributed by atoms with Crippen LogP contribution in [0.3, 0.4) is 0 Å². The van der Waals surface area contributed by atoms with Crippen molar-refractivity contribution in [2.45, 2.75) is 38.6 Å². The molecular weight excluding hydrogens is 224 g/mol. The Balaban J connectivity index is 4.09. The summed E-state index contributed by atoms with van der Waals surface area (Å²) in [6.07, 6.45) is 1.78. The maximum absolute atomic E-state index is 11.5. The lowest BCUT2D eigenvalue weighted by molar-refractivity contribution is -0.144. The van der Waals surface area contributed by atoms with Crippen LogP contribution in [0.15, 0.2) is 0 Å². The molecule has 100 valence electrons. The second-order valence-electron chi connectivity index (χ2n) is 4.11. The number of nitrogens with one attached hydrogen (secondary N) is 2. The third-order valence-corrected chi connectivity index (χ3v) is 2.42. The summed E-state index contributed by atoms with van der Waals surface area (Å²) >= 11 is 0. The third-order valence-electron chi connectivity index (χ3n) is 2.42. The van der Waals surface area contributed by atoms with Crippen LogP contribution in [0, 0.1) is 0 Å². The van der Waals surface area contributed by atoms with E-state index in [9.17, 15) is 9.59 Å². The molecule has 0 spiro atoms. The minimum atomic E-state index is -1.21. The van der Waals surface area contributed by atoms with Crippen molar-refractivity contribution in [1.29, 1.82) is 0 Å². The van der Waals surface area contributed by atoms with E-state index in [4.69, 9.17) is 9.84 Å². The number of amides is 2. The number of methoxy groups -OCH3 is 1. The van der Waals surface area contributed by atoms with E-state index in [0.717, 1.165) is 0 Å². The summed E-state index contributed by atoms with van der Waals surface area (Å²) in [6, 6.07) is -0.459. The molecule has 2 amide bonds. The predicted octanol–water partition coefficient (Wildman–Crippen LogP) is 0.965. The molecule has 0 aliphatic carbocycles. The number of hydrogen-bond donors (Lipinski definition) is 3. The highest BCUT2D eigenvalue weighted by Crippen LogP contribution is 2.12. The van der Waals surface area contributed by atoms with Crippen LogP contribution in [-0.2, 0) is 9.53 Å². The standard InChI is InChI=1S/C11H22N2O4/c1-4-6-11(2,9(14)15)13-10(16)12-7-5-8-17-3/h4-8H2,1-3H3,(H,14,15)(H2,12,13,16). The molecule has 1 atom stereocenters. The first-order valence-corrected chi connectivity index (χ1v) is 5.74. The van der Waals surface area contributed by atoms with Gasteiger partial charge in [-0.05, 0) is 19.8 Å². The van der Waals surface area contributed by atoms with Crippen LogP contribution in [0.2, 0.25) is 0 Å². The van der Waals surface area contributed by atoms with Crippen LogP contribution in [0.1, 0.15) is 33.1 Å². The van der Waals surface area contributed by atoms with Crippen molar-refractivity contribution in [3.8, 4) is 0 Å². The van der Waals surface area contributed by atoms with Crippen LogP contribution in [0.4, 0.5) is 4.79 Å². The van der Waals surface area contributed by atoms with E-state index >= 15 is 0 Å². The zero-order valence-electron chi connectivity index (χ0n) is 10.7. The summed E-state index contributed by atoms with van der Waals surface area (Å²) in [5.41, 5.74) is -1.21. The van der Waals surface area contributed by atoms with E-state index in [1.165, 1.54) is 6.92 Å². The number of urea groups is 1. The van der Waals surface area contributed by atoms with Crippen molar-refractivity contribution >= 4 is 12.0 Å². The van der Waals surface area contributed by atoms with E-state index < -0.39 is 17.5 Å². The van der Waals surface area contributed by atoms with Crippen molar-refractivity contribution in [3.05, 3.63) is 0 Å². The molecule has 0 heterocycles. The van der Waals surface area contributed by atoms with Gasteiger partial charge in [0.15, 0.2) is 0 Å². The third kappa shape index (κ3) is 6.11. The fraction of sp³-hybridized carbons (Fsp3) is 0.818. The van der Waals surface area contributed by atoms with Gasteiger partial charge in [-0.25, -0.2) is 9.59 Å². The Hall–Kier alpha value is -1.30. The molecule has 0 radical (unpaired) electrons. The van der Waals surface area contributed by atoms with E-state index in [0.29, 0.717) is 32.4 Å². The van der Waals surface area contributed by atoms with Crippen LogP contribution >= 0.6 is 0 Å². The molecule has 6 nitrogen and oxygen atoms in total. The van der Waals surface area contributed by atoms with Gasteiger partial charge in [0, 0.05) is 20.3 Å². The second-order valence-corrected chi connectivity index (χ2v) is 4.11. The molecule has 0 aromatic carbocycles. The Kier molecular flexibility index (Phi) is 7.29. The summed E-state index contributed by atoms with van der Waals surface area (Å²) in [6.45, 7) is 4.40. The topological polar surface area (TPSA) is 87.7 Å². The van der Waals surface area contributed by atoms with Crippen LogP contribution in [0.25, 0.3) is 0 Å². The molecule has 0 rings (SSSR count). The second kappa shape index (κ2) is 7.89. The molecule has 0 saturated carbocycles. The SMILES string of the molecule is CCCC(C)(NC(=O)NCCCOC)C(=O)O. The van der Waals surface area contributed by atoms with Gasteiger partial charge in [-0.15, -0.1) is 0 Å². The average Bonchev–Trinajstić information content (AvgIpc) is 2.24.